The van der Waals surface area contributed by atoms with Gasteiger partial charge < -0.3 is 5.11 Å². The van der Waals surface area contributed by atoms with E-state index in [9.17, 15) is 9.90 Å². The number of carbonyl (C=O) groups excluding carboxylic acids is 1. The van der Waals surface area contributed by atoms with Gasteiger partial charge in [0.05, 0.1) is 6.10 Å². The number of hydrogen-bond acceptors (Lipinski definition) is 2. The van der Waals surface area contributed by atoms with Gasteiger partial charge in [-0.2, -0.15) is 0 Å². The molecule has 0 aliphatic heterocycles. The molecule has 3 aliphatic rings. The van der Waals surface area contributed by atoms with Gasteiger partial charge in [-0.1, -0.05) is 33.4 Å². The van der Waals surface area contributed by atoms with E-state index in [0.29, 0.717) is 18.1 Å². The second-order valence-corrected chi connectivity index (χ2v) is 8.64. The van der Waals surface area contributed by atoms with Crippen molar-refractivity contribution in [3.63, 3.8) is 0 Å². The van der Waals surface area contributed by atoms with E-state index in [2.05, 4.69) is 33.9 Å². The lowest BCUT2D eigenvalue weighted by molar-refractivity contribution is -0.136. The molecule has 0 radical (unpaired) electrons. The van der Waals surface area contributed by atoms with Gasteiger partial charge in [-0.15, -0.1) is 6.58 Å². The van der Waals surface area contributed by atoms with Crippen LogP contribution in [-0.4, -0.2) is 17.0 Å². The van der Waals surface area contributed by atoms with E-state index in [1.54, 1.807) is 0 Å². The number of aliphatic hydroxyl groups excluding tert-OH is 1. The highest BCUT2D eigenvalue weighted by Gasteiger charge is 2.63. The highest BCUT2D eigenvalue weighted by Crippen LogP contribution is 2.67. The van der Waals surface area contributed by atoms with Crippen molar-refractivity contribution in [3.8, 4) is 0 Å². The molecule has 3 saturated carbocycles. The van der Waals surface area contributed by atoms with Gasteiger partial charge in [0.2, 0.25) is 0 Å². The molecule has 0 aromatic carbocycles. The number of rotatable bonds is 1. The first-order valence-corrected chi connectivity index (χ1v) is 8.75. The van der Waals surface area contributed by atoms with Gasteiger partial charge in [-0.3, -0.25) is 4.79 Å². The lowest BCUT2D eigenvalue weighted by atomic mass is 9.46. The molecule has 2 bridgehead atoms. The van der Waals surface area contributed by atoms with Crippen LogP contribution >= 0.6 is 0 Å². The van der Waals surface area contributed by atoms with E-state index in [0.717, 1.165) is 37.7 Å². The minimum atomic E-state index is -0.587. The molecule has 3 rings (SSSR count). The third-order valence-corrected chi connectivity index (χ3v) is 7.76. The van der Waals surface area contributed by atoms with E-state index < -0.39 is 6.10 Å². The Hall–Kier alpha value is -0.890. The van der Waals surface area contributed by atoms with Crippen molar-refractivity contribution in [2.75, 3.05) is 0 Å². The van der Waals surface area contributed by atoms with Gasteiger partial charge >= 0.3 is 0 Å². The van der Waals surface area contributed by atoms with Crippen LogP contribution < -0.4 is 0 Å². The van der Waals surface area contributed by atoms with Gasteiger partial charge in [0.25, 0.3) is 0 Å². The van der Waals surface area contributed by atoms with Gasteiger partial charge in [0.1, 0.15) is 5.78 Å². The molecular formula is C20H30O2. The van der Waals surface area contributed by atoms with E-state index in [-0.39, 0.29) is 22.2 Å². The number of ketones is 1. The molecule has 0 heterocycles. The van der Waals surface area contributed by atoms with Gasteiger partial charge in [-0.25, -0.2) is 0 Å². The van der Waals surface area contributed by atoms with Crippen molar-refractivity contribution in [2.24, 2.45) is 28.1 Å². The Morgan fingerprint density at radius 1 is 1.23 bits per heavy atom. The Labute approximate surface area is 134 Å². The van der Waals surface area contributed by atoms with Crippen LogP contribution in [-0.2, 0) is 4.79 Å². The molecule has 0 saturated heterocycles. The highest BCUT2D eigenvalue weighted by molar-refractivity contribution is 5.86. The zero-order chi connectivity index (χ0) is 16.3. The van der Waals surface area contributed by atoms with Crippen molar-refractivity contribution < 1.29 is 9.90 Å². The summed E-state index contributed by atoms with van der Waals surface area (Å²) in [7, 11) is 0. The first-order valence-electron chi connectivity index (χ1n) is 8.75. The first kappa shape index (κ1) is 16.0. The summed E-state index contributed by atoms with van der Waals surface area (Å²) in [5.41, 5.74) is 0.421. The van der Waals surface area contributed by atoms with Crippen LogP contribution in [0.2, 0.25) is 0 Å². The normalized spacial score (nSPS) is 51.9. The van der Waals surface area contributed by atoms with Crippen molar-refractivity contribution in [3.05, 3.63) is 24.8 Å². The lowest BCUT2D eigenvalue weighted by Crippen LogP contribution is -2.54. The fourth-order valence-electron chi connectivity index (χ4n) is 5.76. The highest BCUT2D eigenvalue weighted by atomic mass is 16.3. The van der Waals surface area contributed by atoms with Gasteiger partial charge in [0.15, 0.2) is 0 Å². The minimum Gasteiger partial charge on any atom is -0.388 e. The number of hydrogen-bond donors (Lipinski definition) is 1. The van der Waals surface area contributed by atoms with Crippen LogP contribution in [0.3, 0.4) is 0 Å². The van der Waals surface area contributed by atoms with Crippen LogP contribution in [0.25, 0.3) is 0 Å². The predicted octanol–water partition coefficient (Wildman–Crippen LogP) is 4.29. The largest absolute Gasteiger partial charge is 0.388 e. The number of aliphatic hydroxyl groups is 1. The zero-order valence-corrected chi connectivity index (χ0v) is 14.3. The van der Waals surface area contributed by atoms with Crippen molar-refractivity contribution >= 4 is 5.78 Å². The quantitative estimate of drug-likeness (QED) is 0.734. The Morgan fingerprint density at radius 3 is 2.55 bits per heavy atom. The Kier molecular flexibility index (Phi) is 3.49. The molecule has 2 heteroatoms. The molecule has 1 N–H and O–H groups in total. The van der Waals surface area contributed by atoms with Crippen LogP contribution in [0.4, 0.5) is 0 Å². The van der Waals surface area contributed by atoms with Crippen molar-refractivity contribution in [2.45, 2.75) is 65.4 Å². The standard InChI is InChI=1S/C20H30O2/c1-6-18(4)11-12-19(5)13(2)7-9-20(14(3)17(18)22)10-8-15(21)16(19)20/h6,13,16-17,22H,1,3,7-12H2,2,4-5H3/t13?,16-,17-,18+,19+,20-/m0/s1. The fourth-order valence-corrected chi connectivity index (χ4v) is 5.76. The maximum absolute atomic E-state index is 12.8. The molecule has 22 heavy (non-hydrogen) atoms. The second-order valence-electron chi connectivity index (χ2n) is 8.64. The van der Waals surface area contributed by atoms with Crippen molar-refractivity contribution in [1.82, 2.24) is 0 Å². The molecule has 2 nitrogen and oxygen atoms in total. The maximum Gasteiger partial charge on any atom is 0.137 e. The zero-order valence-electron chi connectivity index (χ0n) is 14.3. The van der Waals surface area contributed by atoms with Crippen LogP contribution in [0.5, 0.6) is 0 Å². The first-order chi connectivity index (χ1) is 10.2. The number of Topliss-reactive ketones (excluding diaryl/α,β-unsaturated/α-hetero) is 1. The SMILES string of the molecule is C=C[C@]1(C)CC[C@]2(C)C(C)CC[C@]3(CCC(=O)[C@H]32)C(=C)[C@@H]1O. The summed E-state index contributed by atoms with van der Waals surface area (Å²) in [4.78, 5) is 12.8. The molecule has 0 amide bonds. The second kappa shape index (κ2) is 4.80. The Balaban J connectivity index is 2.17. The predicted molar refractivity (Wildman–Crippen MR) is 89.4 cm³/mol. The molecule has 0 spiro atoms. The average Bonchev–Trinajstić information content (AvgIpc) is 2.86. The van der Waals surface area contributed by atoms with E-state index in [1.807, 2.05) is 6.08 Å². The lowest BCUT2D eigenvalue weighted by Gasteiger charge is -2.58. The van der Waals surface area contributed by atoms with Crippen LogP contribution in [0.1, 0.15) is 59.3 Å². The summed E-state index contributed by atoms with van der Waals surface area (Å²) in [6, 6.07) is 0. The maximum atomic E-state index is 12.8. The summed E-state index contributed by atoms with van der Waals surface area (Å²) in [5.74, 6) is 1.01. The molecule has 3 fully saturated rings. The summed E-state index contributed by atoms with van der Waals surface area (Å²) >= 11 is 0. The summed E-state index contributed by atoms with van der Waals surface area (Å²) in [5, 5.41) is 11.0. The van der Waals surface area contributed by atoms with Crippen molar-refractivity contribution in [1.29, 1.82) is 0 Å². The van der Waals surface area contributed by atoms with Gasteiger partial charge in [-0.05, 0) is 49.0 Å². The molecular weight excluding hydrogens is 272 g/mol. The van der Waals surface area contributed by atoms with Gasteiger partial charge in [0, 0.05) is 23.2 Å². The minimum absolute atomic E-state index is 0.0270. The monoisotopic (exact) mass is 302 g/mol. The van der Waals surface area contributed by atoms with E-state index >= 15 is 0 Å². The molecule has 122 valence electrons. The van der Waals surface area contributed by atoms with E-state index in [1.165, 1.54) is 0 Å². The Bertz CT molecular complexity index is 536. The summed E-state index contributed by atoms with van der Waals surface area (Å²) < 4.78 is 0. The summed E-state index contributed by atoms with van der Waals surface area (Å²) in [6.45, 7) is 15.0. The molecule has 0 aromatic heterocycles. The van der Waals surface area contributed by atoms with Crippen LogP contribution in [0.15, 0.2) is 24.8 Å². The molecule has 3 aliphatic carbocycles. The molecule has 1 unspecified atom stereocenters. The van der Waals surface area contributed by atoms with Crippen LogP contribution in [0, 0.1) is 28.1 Å². The molecule has 6 atom stereocenters. The molecule has 0 aromatic rings. The summed E-state index contributed by atoms with van der Waals surface area (Å²) in [6.07, 6.45) is 6.85. The average molecular weight is 302 g/mol. The van der Waals surface area contributed by atoms with E-state index in [4.69, 9.17) is 0 Å². The third kappa shape index (κ3) is 1.79. The third-order valence-electron chi connectivity index (χ3n) is 7.76. The fraction of sp³-hybridized carbons (Fsp3) is 0.750. The number of carbonyl (C=O) groups is 1. The topological polar surface area (TPSA) is 37.3 Å². The Morgan fingerprint density at radius 2 is 1.91 bits per heavy atom. The smallest absolute Gasteiger partial charge is 0.137 e.